The number of carbonyl (C=O) groups is 2. The number of aromatic nitrogens is 2. The van der Waals surface area contributed by atoms with Crippen LogP contribution in [0.25, 0.3) is 10.9 Å². The molecule has 1 aromatic heterocycles. The minimum Gasteiger partial charge on any atom is -0.335 e. The highest BCUT2D eigenvalue weighted by molar-refractivity contribution is 7.90. The fraction of sp³-hybridized carbons (Fsp3) is 0.385. The quantitative estimate of drug-likeness (QED) is 0.429. The maximum Gasteiger partial charge on any atom is 0.328 e. The van der Waals surface area contributed by atoms with Crippen molar-refractivity contribution in [3.05, 3.63) is 70.8 Å². The van der Waals surface area contributed by atoms with Gasteiger partial charge in [-0.1, -0.05) is 56.9 Å². The Morgan fingerprint density at radius 2 is 1.67 bits per heavy atom. The predicted octanol–water partition coefficient (Wildman–Crippen LogP) is 3.84. The highest BCUT2D eigenvalue weighted by atomic mass is 32.2. The molecular weight excluding hydrogens is 480 g/mol. The molecule has 2 aromatic carbocycles. The third-order valence-electron chi connectivity index (χ3n) is 5.99. The number of sulfonamides is 1. The minimum atomic E-state index is -3.92. The van der Waals surface area contributed by atoms with E-state index in [0.29, 0.717) is 11.8 Å². The molecule has 2 amide bonds. The van der Waals surface area contributed by atoms with E-state index in [4.69, 9.17) is 0 Å². The van der Waals surface area contributed by atoms with Gasteiger partial charge in [0.25, 0.3) is 15.6 Å². The van der Waals surface area contributed by atoms with Crippen molar-refractivity contribution < 1.29 is 18.0 Å². The lowest BCUT2D eigenvalue weighted by molar-refractivity contribution is -0.118. The van der Waals surface area contributed by atoms with Gasteiger partial charge >= 0.3 is 6.03 Å². The molecule has 36 heavy (non-hydrogen) atoms. The summed E-state index contributed by atoms with van der Waals surface area (Å²) < 4.78 is 26.7. The van der Waals surface area contributed by atoms with Gasteiger partial charge in [0.15, 0.2) is 0 Å². The van der Waals surface area contributed by atoms with Crippen molar-refractivity contribution in [1.29, 1.82) is 0 Å². The van der Waals surface area contributed by atoms with Crippen LogP contribution in [0.1, 0.15) is 57.4 Å². The number of Topliss-reactive ketones (excluding diaryl/α,β-unsaturated/α-hetero) is 1. The molecule has 192 valence electrons. The zero-order valence-corrected chi connectivity index (χ0v) is 21.1. The van der Waals surface area contributed by atoms with E-state index >= 15 is 0 Å². The zero-order chi connectivity index (χ0) is 26.0. The molecule has 0 saturated heterocycles. The van der Waals surface area contributed by atoms with E-state index in [2.05, 4.69) is 20.0 Å². The topological polar surface area (TPSA) is 138 Å². The van der Waals surface area contributed by atoms with Crippen LogP contribution in [0.2, 0.25) is 0 Å². The predicted molar refractivity (Wildman–Crippen MR) is 138 cm³/mol. The molecule has 3 aromatic rings. The van der Waals surface area contributed by atoms with Crippen LogP contribution in [-0.2, 0) is 21.2 Å². The Balaban J connectivity index is 0.000000270. The number of H-pyrrole nitrogens is 1. The number of hydrogen-bond donors (Lipinski definition) is 3. The van der Waals surface area contributed by atoms with Crippen molar-refractivity contribution in [3.63, 3.8) is 0 Å². The molecule has 0 spiro atoms. The fourth-order valence-corrected chi connectivity index (χ4v) is 4.89. The molecule has 0 unspecified atom stereocenters. The number of rotatable bonds is 6. The van der Waals surface area contributed by atoms with E-state index < -0.39 is 16.1 Å². The Hall–Kier alpha value is -3.53. The van der Waals surface area contributed by atoms with Gasteiger partial charge in [-0.05, 0) is 42.7 Å². The molecular formula is C26H32N4O5S. The minimum absolute atomic E-state index is 0.0104. The Morgan fingerprint density at radius 1 is 1.00 bits per heavy atom. The summed E-state index contributed by atoms with van der Waals surface area (Å²) in [6.45, 7) is 1.79. The molecule has 0 radical (unpaired) electrons. The highest BCUT2D eigenvalue weighted by Crippen LogP contribution is 2.17. The highest BCUT2D eigenvalue weighted by Gasteiger charge is 2.20. The summed E-state index contributed by atoms with van der Waals surface area (Å²) in [4.78, 5) is 41.0. The second-order valence-corrected chi connectivity index (χ2v) is 10.4. The lowest BCUT2D eigenvalue weighted by atomic mass is 10.1. The average molecular weight is 513 g/mol. The molecule has 1 saturated carbocycles. The largest absolute Gasteiger partial charge is 0.335 e. The van der Waals surface area contributed by atoms with Crippen molar-refractivity contribution in [3.8, 4) is 0 Å². The molecule has 4 rings (SSSR count). The lowest BCUT2D eigenvalue weighted by Crippen LogP contribution is -2.44. The number of fused-ring (bicyclic) bond motifs is 1. The first-order valence-electron chi connectivity index (χ1n) is 12.1. The number of carbonyl (C=O) groups excluding carboxylic acids is 2. The van der Waals surface area contributed by atoms with Crippen molar-refractivity contribution in [2.24, 2.45) is 0 Å². The number of benzene rings is 2. The molecule has 0 bridgehead atoms. The number of ketones is 1. The average Bonchev–Trinajstić information content (AvgIpc) is 3.13. The van der Waals surface area contributed by atoms with Gasteiger partial charge in [0.2, 0.25) is 0 Å². The van der Waals surface area contributed by atoms with E-state index in [1.807, 2.05) is 18.2 Å². The molecule has 10 heteroatoms. The number of hydrogen-bond acceptors (Lipinski definition) is 6. The Bertz CT molecular complexity index is 1320. The Labute approximate surface area is 210 Å². The van der Waals surface area contributed by atoms with Gasteiger partial charge in [0.1, 0.15) is 5.78 Å². The van der Waals surface area contributed by atoms with Crippen LogP contribution in [0.15, 0.2) is 64.5 Å². The second kappa shape index (κ2) is 13.0. The maximum absolute atomic E-state index is 12.3. The smallest absolute Gasteiger partial charge is 0.328 e. The first-order chi connectivity index (χ1) is 17.3. The number of aromatic amines is 1. The Morgan fingerprint density at radius 3 is 2.31 bits per heavy atom. The van der Waals surface area contributed by atoms with Gasteiger partial charge in [-0.25, -0.2) is 22.9 Å². The van der Waals surface area contributed by atoms with Gasteiger partial charge in [-0.15, -0.1) is 0 Å². The van der Waals surface area contributed by atoms with E-state index in [-0.39, 0.29) is 28.7 Å². The van der Waals surface area contributed by atoms with Crippen LogP contribution in [0.5, 0.6) is 0 Å². The summed E-state index contributed by atoms with van der Waals surface area (Å²) in [5, 5.41) is 3.39. The maximum atomic E-state index is 12.3. The van der Waals surface area contributed by atoms with Crippen molar-refractivity contribution in [1.82, 2.24) is 20.0 Å². The third-order valence-corrected chi connectivity index (χ3v) is 7.34. The number of amides is 2. The third kappa shape index (κ3) is 8.01. The summed E-state index contributed by atoms with van der Waals surface area (Å²) in [6, 6.07) is 12.6. The summed E-state index contributed by atoms with van der Waals surface area (Å²) >= 11 is 0. The molecule has 9 nitrogen and oxygen atoms in total. The van der Waals surface area contributed by atoms with E-state index in [1.54, 1.807) is 25.1 Å². The number of urea groups is 1. The monoisotopic (exact) mass is 512 g/mol. The SMILES string of the molecule is CCC(=O)Cc1ccc(S(=O)(=O)NC(=O)NC2CCCCCC2)cc1.O=c1[nH]cnc2ccccc12. The van der Waals surface area contributed by atoms with Crippen LogP contribution in [0, 0.1) is 0 Å². The summed E-state index contributed by atoms with van der Waals surface area (Å²) in [6.07, 6.45) is 8.32. The van der Waals surface area contributed by atoms with Crippen LogP contribution in [-0.4, -0.2) is 36.2 Å². The first-order valence-corrected chi connectivity index (χ1v) is 13.6. The molecule has 3 N–H and O–H groups in total. The number of para-hydroxylation sites is 1. The molecule has 1 fully saturated rings. The van der Waals surface area contributed by atoms with Crippen molar-refractivity contribution >= 4 is 32.7 Å². The second-order valence-electron chi connectivity index (χ2n) is 8.73. The summed E-state index contributed by atoms with van der Waals surface area (Å²) in [5.74, 6) is 0.0940. The zero-order valence-electron chi connectivity index (χ0n) is 20.3. The lowest BCUT2D eigenvalue weighted by Gasteiger charge is -2.16. The fourth-order valence-electron chi connectivity index (χ4n) is 3.98. The molecule has 0 aliphatic heterocycles. The van der Waals surface area contributed by atoms with Gasteiger partial charge in [-0.2, -0.15) is 0 Å². The van der Waals surface area contributed by atoms with Gasteiger partial charge in [0, 0.05) is 18.9 Å². The van der Waals surface area contributed by atoms with Crippen LogP contribution < -0.4 is 15.6 Å². The van der Waals surface area contributed by atoms with E-state index in [0.717, 1.165) is 49.6 Å². The first kappa shape index (κ1) is 27.1. The summed E-state index contributed by atoms with van der Waals surface area (Å²) in [5.41, 5.74) is 1.40. The van der Waals surface area contributed by atoms with Crippen LogP contribution >= 0.6 is 0 Å². The summed E-state index contributed by atoms with van der Waals surface area (Å²) in [7, 11) is -3.92. The number of nitrogens with one attached hydrogen (secondary N) is 3. The standard InChI is InChI=1S/C18H26N2O4S.C8H6N2O/c1-2-16(21)13-14-9-11-17(12-10-14)25(23,24)20-18(22)19-15-7-5-3-4-6-8-15;11-8-6-3-1-2-4-7(6)9-5-10-8/h9-12,15H,2-8,13H2,1H3,(H2,19,20,22);1-5H,(H,9,10,11). The van der Waals surface area contributed by atoms with E-state index in [1.165, 1.54) is 18.5 Å². The van der Waals surface area contributed by atoms with E-state index in [9.17, 15) is 22.8 Å². The molecule has 1 aliphatic carbocycles. The van der Waals surface area contributed by atoms with Crippen LogP contribution in [0.4, 0.5) is 4.79 Å². The van der Waals surface area contributed by atoms with Gasteiger partial charge < -0.3 is 10.3 Å². The van der Waals surface area contributed by atoms with Crippen LogP contribution in [0.3, 0.4) is 0 Å². The van der Waals surface area contributed by atoms with Gasteiger partial charge in [0.05, 0.1) is 22.1 Å². The van der Waals surface area contributed by atoms with Crippen molar-refractivity contribution in [2.75, 3.05) is 0 Å². The Kier molecular flexibility index (Phi) is 9.75. The molecule has 0 atom stereocenters. The molecule has 1 aliphatic rings. The molecule has 1 heterocycles. The number of nitrogens with zero attached hydrogens (tertiary/aromatic N) is 1. The normalized spacial score (nSPS) is 14.2. The van der Waals surface area contributed by atoms with Crippen molar-refractivity contribution in [2.45, 2.75) is 69.2 Å². The van der Waals surface area contributed by atoms with Gasteiger partial charge in [-0.3, -0.25) is 9.59 Å².